The lowest BCUT2D eigenvalue weighted by molar-refractivity contribution is 0.102. The molecule has 0 saturated heterocycles. The molecule has 6 heteroatoms. The zero-order chi connectivity index (χ0) is 18.7. The van der Waals surface area contributed by atoms with Gasteiger partial charge in [-0.25, -0.2) is 0 Å². The van der Waals surface area contributed by atoms with E-state index in [9.17, 15) is 4.79 Å². The van der Waals surface area contributed by atoms with Gasteiger partial charge >= 0.3 is 0 Å². The first kappa shape index (κ1) is 18.3. The van der Waals surface area contributed by atoms with Crippen molar-refractivity contribution in [1.29, 1.82) is 0 Å². The zero-order valence-electron chi connectivity index (χ0n) is 15.5. The molecule has 0 bridgehead atoms. The van der Waals surface area contributed by atoms with E-state index in [1.54, 1.807) is 12.4 Å². The lowest BCUT2D eigenvalue weighted by Crippen LogP contribution is -2.07. The van der Waals surface area contributed by atoms with Crippen molar-refractivity contribution >= 4 is 17.5 Å². The van der Waals surface area contributed by atoms with Gasteiger partial charge in [0.15, 0.2) is 16.8 Å². The van der Waals surface area contributed by atoms with Crippen molar-refractivity contribution in [1.82, 2.24) is 19.7 Å². The third kappa shape index (κ3) is 3.70. The summed E-state index contributed by atoms with van der Waals surface area (Å²) in [5.41, 5.74) is 5.13. The first-order chi connectivity index (χ1) is 12.5. The van der Waals surface area contributed by atoms with Gasteiger partial charge in [0.25, 0.3) is 0 Å². The smallest absolute Gasteiger partial charge is 0.191 e. The van der Waals surface area contributed by atoms with Gasteiger partial charge in [0, 0.05) is 30.1 Å². The number of rotatable bonds is 6. The molecule has 0 radical (unpaired) electrons. The van der Waals surface area contributed by atoms with Crippen LogP contribution in [0.2, 0.25) is 0 Å². The SMILES string of the molecule is CCn1c(SCC(=O)c2cc(C)c(C)cc2C)nnc1-c1ccncc1. The highest BCUT2D eigenvalue weighted by atomic mass is 32.2. The molecule has 0 N–H and O–H groups in total. The number of pyridine rings is 1. The number of aromatic nitrogens is 4. The lowest BCUT2D eigenvalue weighted by Gasteiger charge is -2.10. The molecule has 0 saturated carbocycles. The van der Waals surface area contributed by atoms with E-state index in [0.29, 0.717) is 5.75 Å². The van der Waals surface area contributed by atoms with Gasteiger partial charge < -0.3 is 4.57 Å². The second-order valence-corrected chi connectivity index (χ2v) is 7.19. The maximum atomic E-state index is 12.7. The van der Waals surface area contributed by atoms with Crippen LogP contribution >= 0.6 is 11.8 Å². The van der Waals surface area contributed by atoms with E-state index in [1.807, 2.05) is 43.5 Å². The number of aryl methyl sites for hydroxylation is 3. The van der Waals surface area contributed by atoms with E-state index in [4.69, 9.17) is 0 Å². The third-order valence-corrected chi connectivity index (χ3v) is 5.41. The van der Waals surface area contributed by atoms with Crippen LogP contribution in [0.3, 0.4) is 0 Å². The summed E-state index contributed by atoms with van der Waals surface area (Å²) in [5, 5.41) is 9.35. The van der Waals surface area contributed by atoms with Crippen LogP contribution < -0.4 is 0 Å². The average Bonchev–Trinajstić information content (AvgIpc) is 3.06. The van der Waals surface area contributed by atoms with E-state index >= 15 is 0 Å². The highest BCUT2D eigenvalue weighted by molar-refractivity contribution is 7.99. The van der Waals surface area contributed by atoms with Gasteiger partial charge in [0.05, 0.1) is 5.75 Å². The van der Waals surface area contributed by atoms with Crippen LogP contribution in [0.15, 0.2) is 41.8 Å². The molecular weight excluding hydrogens is 344 g/mol. The molecule has 3 rings (SSSR count). The molecule has 0 amide bonds. The molecule has 2 aromatic heterocycles. The Labute approximate surface area is 157 Å². The molecule has 26 heavy (non-hydrogen) atoms. The fourth-order valence-electron chi connectivity index (χ4n) is 2.86. The van der Waals surface area contributed by atoms with Crippen molar-refractivity contribution in [3.8, 4) is 11.4 Å². The number of benzene rings is 1. The molecule has 0 atom stereocenters. The fourth-order valence-corrected chi connectivity index (χ4v) is 3.75. The zero-order valence-corrected chi connectivity index (χ0v) is 16.3. The predicted molar refractivity (Wildman–Crippen MR) is 105 cm³/mol. The molecule has 2 heterocycles. The van der Waals surface area contributed by atoms with Crippen molar-refractivity contribution in [2.45, 2.75) is 39.4 Å². The minimum atomic E-state index is 0.117. The van der Waals surface area contributed by atoms with Crippen molar-refractivity contribution in [2.24, 2.45) is 0 Å². The summed E-state index contributed by atoms with van der Waals surface area (Å²) < 4.78 is 2.03. The largest absolute Gasteiger partial charge is 0.302 e. The number of Topliss-reactive ketones (excluding diaryl/α,β-unsaturated/α-hetero) is 1. The fraction of sp³-hybridized carbons (Fsp3) is 0.300. The molecule has 0 aliphatic carbocycles. The van der Waals surface area contributed by atoms with E-state index < -0.39 is 0 Å². The average molecular weight is 366 g/mol. The number of carbonyl (C=O) groups excluding carboxylic acids is 1. The van der Waals surface area contributed by atoms with Crippen molar-refractivity contribution < 1.29 is 4.79 Å². The second kappa shape index (κ2) is 7.83. The highest BCUT2D eigenvalue weighted by Gasteiger charge is 2.16. The van der Waals surface area contributed by atoms with Crippen molar-refractivity contribution in [3.63, 3.8) is 0 Å². The third-order valence-electron chi connectivity index (χ3n) is 4.45. The Bertz CT molecular complexity index is 934. The van der Waals surface area contributed by atoms with Crippen LogP contribution in [-0.4, -0.2) is 31.3 Å². The summed E-state index contributed by atoms with van der Waals surface area (Å²) in [6.45, 7) is 8.88. The van der Waals surface area contributed by atoms with Gasteiger partial charge in [-0.05, 0) is 62.6 Å². The highest BCUT2D eigenvalue weighted by Crippen LogP contribution is 2.25. The van der Waals surface area contributed by atoms with Crippen LogP contribution in [0.1, 0.15) is 34.0 Å². The Hall–Kier alpha value is -2.47. The van der Waals surface area contributed by atoms with Gasteiger partial charge in [-0.2, -0.15) is 0 Å². The van der Waals surface area contributed by atoms with Gasteiger partial charge in [-0.3, -0.25) is 9.78 Å². The molecule has 0 spiro atoms. The normalized spacial score (nSPS) is 10.9. The molecule has 5 nitrogen and oxygen atoms in total. The van der Waals surface area contributed by atoms with Crippen LogP contribution in [0.4, 0.5) is 0 Å². The topological polar surface area (TPSA) is 60.7 Å². The standard InChI is InChI=1S/C20H22N4OS/c1-5-24-19(16-6-8-21-9-7-16)22-23-20(24)26-12-18(25)17-11-14(3)13(2)10-15(17)4/h6-11H,5,12H2,1-4H3. The Balaban J connectivity index is 1.79. The predicted octanol–water partition coefficient (Wildman–Crippen LogP) is 4.26. The first-order valence-corrected chi connectivity index (χ1v) is 9.57. The summed E-state index contributed by atoms with van der Waals surface area (Å²) in [5.74, 6) is 1.26. The summed E-state index contributed by atoms with van der Waals surface area (Å²) in [7, 11) is 0. The number of nitrogens with zero attached hydrogens (tertiary/aromatic N) is 4. The first-order valence-electron chi connectivity index (χ1n) is 8.58. The van der Waals surface area contributed by atoms with Crippen LogP contribution in [0, 0.1) is 20.8 Å². The number of carbonyl (C=O) groups is 1. The quantitative estimate of drug-likeness (QED) is 0.482. The van der Waals surface area contributed by atoms with Crippen molar-refractivity contribution in [2.75, 3.05) is 5.75 Å². The monoisotopic (exact) mass is 366 g/mol. The van der Waals surface area contributed by atoms with E-state index in [-0.39, 0.29) is 5.78 Å². The lowest BCUT2D eigenvalue weighted by atomic mass is 9.99. The Kier molecular flexibility index (Phi) is 5.52. The number of hydrogen-bond donors (Lipinski definition) is 0. The minimum Gasteiger partial charge on any atom is -0.302 e. The maximum Gasteiger partial charge on any atom is 0.191 e. The summed E-state index contributed by atoms with van der Waals surface area (Å²) >= 11 is 1.43. The molecule has 3 aromatic rings. The van der Waals surface area contributed by atoms with E-state index in [0.717, 1.165) is 39.8 Å². The summed E-state index contributed by atoms with van der Waals surface area (Å²) in [4.78, 5) is 16.7. The van der Waals surface area contributed by atoms with Gasteiger partial charge in [-0.1, -0.05) is 17.8 Å². The minimum absolute atomic E-state index is 0.117. The van der Waals surface area contributed by atoms with Crippen LogP contribution in [-0.2, 0) is 6.54 Å². The Morgan fingerprint density at radius 3 is 2.42 bits per heavy atom. The maximum absolute atomic E-state index is 12.7. The molecule has 0 aliphatic heterocycles. The number of ketones is 1. The summed E-state index contributed by atoms with van der Waals surface area (Å²) in [6, 6.07) is 7.88. The van der Waals surface area contributed by atoms with Crippen molar-refractivity contribution in [3.05, 3.63) is 58.9 Å². The molecule has 1 aromatic carbocycles. The molecule has 0 fully saturated rings. The van der Waals surface area contributed by atoms with Crippen LogP contribution in [0.25, 0.3) is 11.4 Å². The van der Waals surface area contributed by atoms with Crippen LogP contribution in [0.5, 0.6) is 0 Å². The molecule has 0 aliphatic rings. The Morgan fingerprint density at radius 2 is 1.73 bits per heavy atom. The summed E-state index contributed by atoms with van der Waals surface area (Å²) in [6.07, 6.45) is 3.48. The number of thioether (sulfide) groups is 1. The van der Waals surface area contributed by atoms with E-state index in [1.165, 1.54) is 17.3 Å². The molecule has 134 valence electrons. The Morgan fingerprint density at radius 1 is 1.04 bits per heavy atom. The number of hydrogen-bond acceptors (Lipinski definition) is 5. The van der Waals surface area contributed by atoms with Gasteiger partial charge in [0.1, 0.15) is 0 Å². The van der Waals surface area contributed by atoms with E-state index in [2.05, 4.69) is 28.2 Å². The molecular formula is C20H22N4OS. The molecule has 0 unspecified atom stereocenters. The van der Waals surface area contributed by atoms with Gasteiger partial charge in [-0.15, -0.1) is 10.2 Å². The van der Waals surface area contributed by atoms with Gasteiger partial charge in [0.2, 0.25) is 0 Å². The second-order valence-electron chi connectivity index (χ2n) is 6.25.